The maximum Gasteiger partial charge on any atom is 0.254 e. The summed E-state index contributed by atoms with van der Waals surface area (Å²) in [5.41, 5.74) is 1.24. The summed E-state index contributed by atoms with van der Waals surface area (Å²) in [5.74, 6) is 0.969. The molecule has 1 aromatic heterocycles. The molecule has 0 aliphatic carbocycles. The van der Waals surface area contributed by atoms with Crippen molar-refractivity contribution in [1.29, 1.82) is 0 Å². The molecule has 0 atom stereocenters. The quantitative estimate of drug-likeness (QED) is 0.613. The zero-order valence-electron chi connectivity index (χ0n) is 14.8. The van der Waals surface area contributed by atoms with E-state index in [1.807, 2.05) is 18.7 Å². The molecule has 0 N–H and O–H groups in total. The summed E-state index contributed by atoms with van der Waals surface area (Å²) in [5, 5.41) is 0.754. The molecule has 3 rings (SSSR count). The van der Waals surface area contributed by atoms with Gasteiger partial charge in [-0.1, -0.05) is 6.58 Å². The molecule has 0 bridgehead atoms. The standard InChI is InChI=1S/C18H20FN5OS/c1-4-20-16(17-21-13(3)22-26-17)24-10-9-23(11-12(24)2)18(25)14-5-7-15(19)8-6-14/h5-8H,2,4,9-11H2,1,3H3. The van der Waals surface area contributed by atoms with Gasteiger partial charge in [0.25, 0.3) is 5.91 Å². The highest BCUT2D eigenvalue weighted by Crippen LogP contribution is 2.19. The SMILES string of the molecule is C=C1CN(C(=O)c2ccc(F)cc2)CCN1C(=NCC)c1nc(C)ns1. The minimum absolute atomic E-state index is 0.133. The van der Waals surface area contributed by atoms with Crippen LogP contribution in [0.1, 0.15) is 28.1 Å². The first-order chi connectivity index (χ1) is 12.5. The Morgan fingerprint density at radius 1 is 1.35 bits per heavy atom. The lowest BCUT2D eigenvalue weighted by atomic mass is 10.1. The molecule has 8 heteroatoms. The molecule has 0 radical (unpaired) electrons. The number of hydrogen-bond acceptors (Lipinski definition) is 5. The first kappa shape index (κ1) is 18.2. The maximum atomic E-state index is 13.1. The molecule has 0 spiro atoms. The van der Waals surface area contributed by atoms with Crippen LogP contribution in [0.5, 0.6) is 0 Å². The number of rotatable bonds is 3. The molecule has 1 fully saturated rings. The minimum atomic E-state index is -0.358. The van der Waals surface area contributed by atoms with Crippen molar-refractivity contribution in [3.63, 3.8) is 0 Å². The third-order valence-corrected chi connectivity index (χ3v) is 4.81. The molecular formula is C18H20FN5OS. The summed E-state index contributed by atoms with van der Waals surface area (Å²) < 4.78 is 17.3. The van der Waals surface area contributed by atoms with Gasteiger partial charge >= 0.3 is 0 Å². The maximum absolute atomic E-state index is 13.1. The Labute approximate surface area is 155 Å². The van der Waals surface area contributed by atoms with E-state index in [0.717, 1.165) is 16.5 Å². The van der Waals surface area contributed by atoms with Crippen LogP contribution < -0.4 is 0 Å². The van der Waals surface area contributed by atoms with E-state index in [2.05, 4.69) is 20.9 Å². The van der Waals surface area contributed by atoms with Crippen molar-refractivity contribution in [3.8, 4) is 0 Å². The second-order valence-electron chi connectivity index (χ2n) is 5.90. The number of carbonyl (C=O) groups excluding carboxylic acids is 1. The lowest BCUT2D eigenvalue weighted by molar-refractivity contribution is 0.0728. The van der Waals surface area contributed by atoms with E-state index < -0.39 is 0 Å². The second-order valence-corrected chi connectivity index (χ2v) is 6.65. The molecule has 1 aromatic carbocycles. The van der Waals surface area contributed by atoms with Gasteiger partial charge < -0.3 is 9.80 Å². The van der Waals surface area contributed by atoms with Crippen LogP contribution in [-0.4, -0.2) is 57.1 Å². The van der Waals surface area contributed by atoms with E-state index in [-0.39, 0.29) is 11.7 Å². The molecule has 0 unspecified atom stereocenters. The molecule has 2 aromatic rings. The summed E-state index contributed by atoms with van der Waals surface area (Å²) >= 11 is 1.31. The second kappa shape index (κ2) is 7.74. The first-order valence-corrected chi connectivity index (χ1v) is 9.12. The van der Waals surface area contributed by atoms with Crippen LogP contribution in [0.15, 0.2) is 41.5 Å². The Kier molecular flexibility index (Phi) is 5.41. The van der Waals surface area contributed by atoms with Gasteiger partial charge in [0.05, 0.1) is 6.54 Å². The number of carbonyl (C=O) groups is 1. The summed E-state index contributed by atoms with van der Waals surface area (Å²) in [6, 6.07) is 5.59. The van der Waals surface area contributed by atoms with E-state index in [1.165, 1.54) is 35.8 Å². The predicted octanol–water partition coefficient (Wildman–Crippen LogP) is 2.72. The molecule has 1 aliphatic heterocycles. The average Bonchev–Trinajstić information content (AvgIpc) is 3.06. The zero-order chi connectivity index (χ0) is 18.7. The van der Waals surface area contributed by atoms with Gasteiger partial charge in [0, 0.05) is 30.9 Å². The van der Waals surface area contributed by atoms with Crippen molar-refractivity contribution in [2.24, 2.45) is 4.99 Å². The first-order valence-electron chi connectivity index (χ1n) is 8.35. The number of nitrogens with zero attached hydrogens (tertiary/aromatic N) is 5. The van der Waals surface area contributed by atoms with Crippen molar-refractivity contribution < 1.29 is 9.18 Å². The minimum Gasteiger partial charge on any atom is -0.331 e. The molecule has 1 saturated heterocycles. The van der Waals surface area contributed by atoms with E-state index in [0.29, 0.717) is 37.6 Å². The van der Waals surface area contributed by atoms with Gasteiger partial charge in [-0.25, -0.2) is 9.37 Å². The van der Waals surface area contributed by atoms with Crippen molar-refractivity contribution in [2.75, 3.05) is 26.2 Å². The summed E-state index contributed by atoms with van der Waals surface area (Å²) in [6.45, 7) is 10.0. The normalized spacial score (nSPS) is 15.5. The van der Waals surface area contributed by atoms with Crippen molar-refractivity contribution in [1.82, 2.24) is 19.2 Å². The topological polar surface area (TPSA) is 61.7 Å². The highest BCUT2D eigenvalue weighted by molar-refractivity contribution is 7.07. The molecule has 1 aliphatic rings. The van der Waals surface area contributed by atoms with Gasteiger partial charge in [-0.05, 0) is 49.6 Å². The zero-order valence-corrected chi connectivity index (χ0v) is 15.6. The fourth-order valence-corrected chi connectivity index (χ4v) is 3.46. The molecule has 136 valence electrons. The molecular weight excluding hydrogens is 353 g/mol. The molecule has 26 heavy (non-hydrogen) atoms. The van der Waals surface area contributed by atoms with E-state index >= 15 is 0 Å². The highest BCUT2D eigenvalue weighted by Gasteiger charge is 2.28. The van der Waals surface area contributed by atoms with Gasteiger partial charge in [0.2, 0.25) is 0 Å². The van der Waals surface area contributed by atoms with Crippen LogP contribution in [0.25, 0.3) is 0 Å². The lowest BCUT2D eigenvalue weighted by Crippen LogP contribution is -2.49. The van der Waals surface area contributed by atoms with E-state index in [4.69, 9.17) is 0 Å². The number of amides is 1. The number of benzene rings is 1. The largest absolute Gasteiger partial charge is 0.331 e. The number of aliphatic imine (C=N–C) groups is 1. The molecule has 2 heterocycles. The number of aromatic nitrogens is 2. The average molecular weight is 373 g/mol. The van der Waals surface area contributed by atoms with E-state index in [9.17, 15) is 9.18 Å². The summed E-state index contributed by atoms with van der Waals surface area (Å²) in [7, 11) is 0. The van der Waals surface area contributed by atoms with Crippen molar-refractivity contribution in [2.45, 2.75) is 13.8 Å². The van der Waals surface area contributed by atoms with Crippen LogP contribution in [0.4, 0.5) is 4.39 Å². The van der Waals surface area contributed by atoms with E-state index in [1.54, 1.807) is 4.90 Å². The van der Waals surface area contributed by atoms with Crippen LogP contribution in [-0.2, 0) is 0 Å². The molecule has 6 nitrogen and oxygen atoms in total. The van der Waals surface area contributed by atoms with Gasteiger partial charge in [0.15, 0.2) is 10.8 Å². The lowest BCUT2D eigenvalue weighted by Gasteiger charge is -2.37. The summed E-state index contributed by atoms with van der Waals surface area (Å²) in [4.78, 5) is 25.3. The van der Waals surface area contributed by atoms with Crippen molar-refractivity contribution >= 4 is 23.3 Å². The number of piperazine rings is 1. The van der Waals surface area contributed by atoms with Crippen LogP contribution in [0.3, 0.4) is 0 Å². The van der Waals surface area contributed by atoms with Gasteiger partial charge in [-0.15, -0.1) is 0 Å². The fraction of sp³-hybridized carbons (Fsp3) is 0.333. The number of halogens is 1. The Bertz CT molecular complexity index is 846. The van der Waals surface area contributed by atoms with Gasteiger partial charge in [0.1, 0.15) is 11.6 Å². The third kappa shape index (κ3) is 3.80. The number of aryl methyl sites for hydroxylation is 1. The van der Waals surface area contributed by atoms with Crippen LogP contribution in [0, 0.1) is 12.7 Å². The predicted molar refractivity (Wildman–Crippen MR) is 99.9 cm³/mol. The molecule has 1 amide bonds. The van der Waals surface area contributed by atoms with Crippen LogP contribution in [0.2, 0.25) is 0 Å². The van der Waals surface area contributed by atoms with Gasteiger partial charge in [-0.2, -0.15) is 4.37 Å². The Morgan fingerprint density at radius 3 is 2.65 bits per heavy atom. The monoisotopic (exact) mass is 373 g/mol. The van der Waals surface area contributed by atoms with Crippen molar-refractivity contribution in [3.05, 3.63) is 58.8 Å². The smallest absolute Gasteiger partial charge is 0.254 e. The Hall–Kier alpha value is -2.61. The number of hydrogen-bond donors (Lipinski definition) is 0. The van der Waals surface area contributed by atoms with Crippen LogP contribution >= 0.6 is 11.5 Å². The number of amidine groups is 1. The molecule has 0 saturated carbocycles. The highest BCUT2D eigenvalue weighted by atomic mass is 32.1. The van der Waals surface area contributed by atoms with Gasteiger partial charge in [-0.3, -0.25) is 9.79 Å². The Morgan fingerprint density at radius 2 is 2.08 bits per heavy atom. The third-order valence-electron chi connectivity index (χ3n) is 4.01. The Balaban J connectivity index is 1.75. The fourth-order valence-electron chi connectivity index (χ4n) is 2.77. The summed E-state index contributed by atoms with van der Waals surface area (Å²) in [6.07, 6.45) is 0.